The average Bonchev–Trinajstić information content (AvgIpc) is 3.07. The zero-order valence-electron chi connectivity index (χ0n) is 14.9. The molecule has 0 aliphatic carbocycles. The molecule has 2 aromatic carbocycles. The molecule has 3 aromatic rings. The number of amides is 1. The summed E-state index contributed by atoms with van der Waals surface area (Å²) in [5, 5.41) is 10.3. The van der Waals surface area contributed by atoms with Crippen LogP contribution >= 0.6 is 11.6 Å². The van der Waals surface area contributed by atoms with E-state index in [1.54, 1.807) is 13.0 Å². The summed E-state index contributed by atoms with van der Waals surface area (Å²) in [6.07, 6.45) is 0.320. The number of nitrogens with one attached hydrogen (secondary N) is 2. The highest BCUT2D eigenvalue weighted by Gasteiger charge is 2.06. The number of carbonyl (C=O) groups is 1. The van der Waals surface area contributed by atoms with E-state index in [4.69, 9.17) is 20.9 Å². The van der Waals surface area contributed by atoms with Crippen molar-refractivity contribution in [3.05, 3.63) is 70.9 Å². The molecule has 0 unspecified atom stereocenters. The monoisotopic (exact) mass is 385 g/mol. The van der Waals surface area contributed by atoms with E-state index in [-0.39, 0.29) is 5.91 Å². The molecule has 1 heterocycles. The van der Waals surface area contributed by atoms with Gasteiger partial charge in [0, 0.05) is 29.7 Å². The molecule has 0 bridgehead atoms. The molecule has 0 saturated heterocycles. The molecule has 27 heavy (non-hydrogen) atoms. The van der Waals surface area contributed by atoms with Gasteiger partial charge in [-0.05, 0) is 48.9 Å². The van der Waals surface area contributed by atoms with Crippen molar-refractivity contribution in [1.29, 1.82) is 0 Å². The summed E-state index contributed by atoms with van der Waals surface area (Å²) in [7, 11) is 0. The van der Waals surface area contributed by atoms with Crippen molar-refractivity contribution in [1.82, 2.24) is 5.16 Å². The standard InChI is InChI=1S/C20H20ClN3O3/c1-14-12-19(24-27-14)23-20(25)10-11-22-17-6-8-18(9-7-17)26-13-15-2-4-16(21)5-3-15/h2-9,12,22H,10-11,13H2,1H3,(H,23,24,25). The SMILES string of the molecule is Cc1cc(NC(=O)CCNc2ccc(OCc3ccc(Cl)cc3)cc2)no1. The van der Waals surface area contributed by atoms with Gasteiger partial charge in [-0.3, -0.25) is 4.79 Å². The van der Waals surface area contributed by atoms with E-state index in [1.807, 2.05) is 48.5 Å². The molecule has 6 nitrogen and oxygen atoms in total. The van der Waals surface area contributed by atoms with Gasteiger partial charge in [-0.2, -0.15) is 0 Å². The smallest absolute Gasteiger partial charge is 0.227 e. The third-order valence-electron chi connectivity index (χ3n) is 3.75. The van der Waals surface area contributed by atoms with Crippen molar-refractivity contribution in [2.24, 2.45) is 0 Å². The molecule has 7 heteroatoms. The molecular formula is C20H20ClN3O3. The Morgan fingerprint density at radius 3 is 2.56 bits per heavy atom. The Bertz CT molecular complexity index is 876. The molecule has 0 atom stereocenters. The highest BCUT2D eigenvalue weighted by Crippen LogP contribution is 2.18. The summed E-state index contributed by atoms with van der Waals surface area (Å²) in [4.78, 5) is 11.8. The van der Waals surface area contributed by atoms with Crippen LogP contribution in [0.4, 0.5) is 11.5 Å². The number of halogens is 1. The van der Waals surface area contributed by atoms with E-state index in [2.05, 4.69) is 15.8 Å². The van der Waals surface area contributed by atoms with Gasteiger partial charge in [-0.1, -0.05) is 28.9 Å². The highest BCUT2D eigenvalue weighted by molar-refractivity contribution is 6.30. The van der Waals surface area contributed by atoms with Crippen LogP contribution in [-0.2, 0) is 11.4 Å². The Kier molecular flexibility index (Phi) is 6.33. The van der Waals surface area contributed by atoms with E-state index >= 15 is 0 Å². The van der Waals surface area contributed by atoms with Crippen LogP contribution in [0.1, 0.15) is 17.7 Å². The predicted molar refractivity (Wildman–Crippen MR) is 105 cm³/mol. The molecule has 0 aliphatic rings. The summed E-state index contributed by atoms with van der Waals surface area (Å²) < 4.78 is 10.7. The fourth-order valence-corrected chi connectivity index (χ4v) is 2.49. The van der Waals surface area contributed by atoms with Crippen LogP contribution in [0.3, 0.4) is 0 Å². The minimum Gasteiger partial charge on any atom is -0.489 e. The summed E-state index contributed by atoms with van der Waals surface area (Å²) in [6.45, 7) is 2.76. The van der Waals surface area contributed by atoms with Crippen molar-refractivity contribution >= 4 is 29.0 Å². The summed E-state index contributed by atoms with van der Waals surface area (Å²) in [5.74, 6) is 1.73. The Balaban J connectivity index is 1.39. The molecule has 0 saturated carbocycles. The lowest BCUT2D eigenvalue weighted by Crippen LogP contribution is -2.16. The number of anilines is 2. The Morgan fingerprint density at radius 2 is 1.89 bits per heavy atom. The molecule has 1 aromatic heterocycles. The molecule has 1 amide bonds. The van der Waals surface area contributed by atoms with Crippen LogP contribution in [0.5, 0.6) is 5.75 Å². The van der Waals surface area contributed by atoms with E-state index in [0.29, 0.717) is 36.2 Å². The zero-order chi connectivity index (χ0) is 19.1. The second kappa shape index (κ2) is 9.09. The van der Waals surface area contributed by atoms with Crippen LogP contribution in [0.25, 0.3) is 0 Å². The molecule has 0 fully saturated rings. The molecule has 0 aliphatic heterocycles. The summed E-state index contributed by atoms with van der Waals surface area (Å²) in [5.41, 5.74) is 1.97. The van der Waals surface area contributed by atoms with Gasteiger partial charge in [0.15, 0.2) is 5.82 Å². The van der Waals surface area contributed by atoms with Gasteiger partial charge >= 0.3 is 0 Å². The summed E-state index contributed by atoms with van der Waals surface area (Å²) in [6, 6.07) is 16.8. The maximum atomic E-state index is 11.8. The van der Waals surface area contributed by atoms with Crippen molar-refractivity contribution in [2.45, 2.75) is 20.0 Å². The molecule has 0 radical (unpaired) electrons. The van der Waals surface area contributed by atoms with E-state index in [9.17, 15) is 4.79 Å². The average molecular weight is 386 g/mol. The molecule has 3 rings (SSSR count). The lowest BCUT2D eigenvalue weighted by atomic mass is 10.2. The number of nitrogens with zero attached hydrogens (tertiary/aromatic N) is 1. The van der Waals surface area contributed by atoms with Gasteiger partial charge in [0.05, 0.1) is 0 Å². The minimum atomic E-state index is -0.126. The van der Waals surface area contributed by atoms with Crippen molar-refractivity contribution in [2.75, 3.05) is 17.2 Å². The zero-order valence-corrected chi connectivity index (χ0v) is 15.6. The van der Waals surface area contributed by atoms with Crippen molar-refractivity contribution in [3.8, 4) is 5.75 Å². The number of aryl methyl sites for hydroxylation is 1. The second-order valence-corrected chi connectivity index (χ2v) is 6.42. The number of aromatic nitrogens is 1. The van der Waals surface area contributed by atoms with E-state index in [0.717, 1.165) is 17.0 Å². The molecule has 0 spiro atoms. The maximum absolute atomic E-state index is 11.8. The number of hydrogen-bond donors (Lipinski definition) is 2. The topological polar surface area (TPSA) is 76.4 Å². The van der Waals surface area contributed by atoms with E-state index in [1.165, 1.54) is 0 Å². The first kappa shape index (κ1) is 18.8. The summed E-state index contributed by atoms with van der Waals surface area (Å²) >= 11 is 5.87. The number of ether oxygens (including phenoxy) is 1. The Labute approximate surface area is 162 Å². The van der Waals surface area contributed by atoms with Gasteiger partial charge in [-0.15, -0.1) is 0 Å². The number of carbonyl (C=O) groups excluding carboxylic acids is 1. The van der Waals surface area contributed by atoms with Gasteiger partial charge in [-0.25, -0.2) is 0 Å². The largest absolute Gasteiger partial charge is 0.489 e. The lowest BCUT2D eigenvalue weighted by Gasteiger charge is -2.09. The van der Waals surface area contributed by atoms with Gasteiger partial charge < -0.3 is 19.9 Å². The number of benzene rings is 2. The Morgan fingerprint density at radius 1 is 1.15 bits per heavy atom. The molecule has 140 valence electrons. The fourth-order valence-electron chi connectivity index (χ4n) is 2.37. The third-order valence-corrected chi connectivity index (χ3v) is 4.00. The quantitative estimate of drug-likeness (QED) is 0.590. The van der Waals surface area contributed by atoms with Gasteiger partial charge in [0.2, 0.25) is 5.91 Å². The van der Waals surface area contributed by atoms with Crippen LogP contribution in [0, 0.1) is 6.92 Å². The van der Waals surface area contributed by atoms with Crippen molar-refractivity contribution in [3.63, 3.8) is 0 Å². The van der Waals surface area contributed by atoms with Crippen LogP contribution in [0.15, 0.2) is 59.1 Å². The van der Waals surface area contributed by atoms with Crippen molar-refractivity contribution < 1.29 is 14.1 Å². The molecular weight excluding hydrogens is 366 g/mol. The van der Waals surface area contributed by atoms with Crippen LogP contribution in [-0.4, -0.2) is 17.6 Å². The van der Waals surface area contributed by atoms with Crippen LogP contribution in [0.2, 0.25) is 5.02 Å². The van der Waals surface area contributed by atoms with E-state index < -0.39 is 0 Å². The first-order valence-electron chi connectivity index (χ1n) is 8.53. The second-order valence-electron chi connectivity index (χ2n) is 5.99. The van der Waals surface area contributed by atoms with Gasteiger partial charge in [0.1, 0.15) is 18.1 Å². The minimum absolute atomic E-state index is 0.126. The number of rotatable bonds is 8. The Hall–Kier alpha value is -2.99. The first-order chi connectivity index (χ1) is 13.1. The number of hydrogen-bond acceptors (Lipinski definition) is 5. The van der Waals surface area contributed by atoms with Gasteiger partial charge in [0.25, 0.3) is 0 Å². The predicted octanol–water partition coefficient (Wildman–Crippen LogP) is 4.66. The molecule has 2 N–H and O–H groups in total. The lowest BCUT2D eigenvalue weighted by molar-refractivity contribution is -0.116. The highest BCUT2D eigenvalue weighted by atomic mass is 35.5. The van der Waals surface area contributed by atoms with Crippen LogP contribution < -0.4 is 15.4 Å². The normalized spacial score (nSPS) is 10.4. The first-order valence-corrected chi connectivity index (χ1v) is 8.90. The maximum Gasteiger partial charge on any atom is 0.227 e. The third kappa shape index (κ3) is 6.04. The fraction of sp³-hybridized carbons (Fsp3) is 0.200.